The Bertz CT molecular complexity index is 401. The molecule has 0 aliphatic carbocycles. The Hall–Kier alpha value is -1.35. The van der Waals surface area contributed by atoms with E-state index in [1.54, 1.807) is 6.92 Å². The second kappa shape index (κ2) is 4.66. The van der Waals surface area contributed by atoms with Crippen molar-refractivity contribution in [3.63, 3.8) is 0 Å². The van der Waals surface area contributed by atoms with Gasteiger partial charge in [0.25, 0.3) is 0 Å². The number of carbonyl (C=O) groups excluding carboxylic acids is 1. The molecule has 0 atom stereocenters. The van der Waals surface area contributed by atoms with Crippen LogP contribution in [-0.2, 0) is 6.42 Å². The van der Waals surface area contributed by atoms with Gasteiger partial charge in [0.05, 0.1) is 0 Å². The summed E-state index contributed by atoms with van der Waals surface area (Å²) in [6, 6.07) is 5.91. The van der Waals surface area contributed by atoms with Gasteiger partial charge >= 0.3 is 0 Å². The lowest BCUT2D eigenvalue weighted by molar-refractivity contribution is 0.101. The molecule has 0 aromatic heterocycles. The molecule has 2 rings (SSSR count). The van der Waals surface area contributed by atoms with E-state index in [0.717, 1.165) is 31.5 Å². The highest BCUT2D eigenvalue weighted by Crippen LogP contribution is 2.28. The molecule has 3 nitrogen and oxygen atoms in total. The van der Waals surface area contributed by atoms with Gasteiger partial charge in [-0.3, -0.25) is 4.79 Å². The number of Topliss-reactive ketones (excluding diaryl/α,β-unsaturated/α-hetero) is 1. The predicted octanol–water partition coefficient (Wildman–Crippen LogP) is 1.63. The third-order valence-corrected chi connectivity index (χ3v) is 3.06. The lowest BCUT2D eigenvalue weighted by Gasteiger charge is -2.18. The molecule has 0 amide bonds. The molecule has 1 N–H and O–H groups in total. The summed E-state index contributed by atoms with van der Waals surface area (Å²) >= 11 is 0. The van der Waals surface area contributed by atoms with Crippen LogP contribution in [0.4, 0.5) is 5.69 Å². The Morgan fingerprint density at radius 1 is 1.50 bits per heavy atom. The highest BCUT2D eigenvalue weighted by Gasteiger charge is 2.19. The second-order valence-electron chi connectivity index (χ2n) is 4.21. The number of hydrogen-bond acceptors (Lipinski definition) is 3. The molecule has 0 bridgehead atoms. The Kier molecular flexibility index (Phi) is 3.25. The van der Waals surface area contributed by atoms with E-state index >= 15 is 0 Å². The number of nitrogens with zero attached hydrogens (tertiary/aromatic N) is 1. The maximum absolute atomic E-state index is 11.3. The van der Waals surface area contributed by atoms with E-state index in [4.69, 9.17) is 5.11 Å². The number of hydrogen-bond donors (Lipinski definition) is 1. The number of aliphatic hydroxyl groups excluding tert-OH is 1. The summed E-state index contributed by atoms with van der Waals surface area (Å²) in [6.07, 6.45) is 1.80. The number of ketones is 1. The van der Waals surface area contributed by atoms with Crippen LogP contribution < -0.4 is 4.90 Å². The molecule has 0 radical (unpaired) electrons. The van der Waals surface area contributed by atoms with Gasteiger partial charge in [0, 0.05) is 30.9 Å². The second-order valence-corrected chi connectivity index (χ2v) is 4.21. The predicted molar refractivity (Wildman–Crippen MR) is 64.1 cm³/mol. The van der Waals surface area contributed by atoms with E-state index in [1.165, 1.54) is 11.3 Å². The Morgan fingerprint density at radius 2 is 2.31 bits per heavy atom. The summed E-state index contributed by atoms with van der Waals surface area (Å²) in [5.41, 5.74) is 3.27. The molecule has 1 aliphatic heterocycles. The van der Waals surface area contributed by atoms with E-state index in [2.05, 4.69) is 4.90 Å². The van der Waals surface area contributed by atoms with Crippen LogP contribution >= 0.6 is 0 Å². The molecule has 1 aromatic rings. The van der Waals surface area contributed by atoms with Crippen LogP contribution in [0.2, 0.25) is 0 Å². The quantitative estimate of drug-likeness (QED) is 0.782. The summed E-state index contributed by atoms with van der Waals surface area (Å²) < 4.78 is 0. The van der Waals surface area contributed by atoms with Crippen molar-refractivity contribution < 1.29 is 9.90 Å². The average molecular weight is 219 g/mol. The first-order chi connectivity index (χ1) is 7.72. The normalized spacial score (nSPS) is 14.0. The van der Waals surface area contributed by atoms with Crippen molar-refractivity contribution in [1.82, 2.24) is 0 Å². The molecular formula is C13H17NO2. The van der Waals surface area contributed by atoms with E-state index in [-0.39, 0.29) is 12.4 Å². The summed E-state index contributed by atoms with van der Waals surface area (Å²) in [5.74, 6) is 0.122. The van der Waals surface area contributed by atoms with Gasteiger partial charge in [-0.1, -0.05) is 0 Å². The zero-order valence-electron chi connectivity index (χ0n) is 9.57. The fourth-order valence-electron chi connectivity index (χ4n) is 2.18. The number of aliphatic hydroxyl groups is 1. The van der Waals surface area contributed by atoms with Gasteiger partial charge < -0.3 is 10.0 Å². The van der Waals surface area contributed by atoms with Crippen LogP contribution in [0, 0.1) is 0 Å². The van der Waals surface area contributed by atoms with Crippen LogP contribution in [-0.4, -0.2) is 30.6 Å². The monoisotopic (exact) mass is 219 g/mol. The molecule has 86 valence electrons. The molecule has 1 heterocycles. The van der Waals surface area contributed by atoms with Crippen molar-refractivity contribution in [3.8, 4) is 0 Å². The highest BCUT2D eigenvalue weighted by atomic mass is 16.3. The van der Waals surface area contributed by atoms with Crippen LogP contribution in [0.3, 0.4) is 0 Å². The highest BCUT2D eigenvalue weighted by molar-refractivity contribution is 5.94. The van der Waals surface area contributed by atoms with Gasteiger partial charge in [0.2, 0.25) is 0 Å². The maximum Gasteiger partial charge on any atom is 0.159 e. The first-order valence-electron chi connectivity index (χ1n) is 5.72. The minimum absolute atomic E-state index is 0.122. The van der Waals surface area contributed by atoms with E-state index in [1.807, 2.05) is 18.2 Å². The zero-order chi connectivity index (χ0) is 11.5. The van der Waals surface area contributed by atoms with Gasteiger partial charge in [-0.2, -0.15) is 0 Å². The zero-order valence-corrected chi connectivity index (χ0v) is 9.57. The lowest BCUT2D eigenvalue weighted by Crippen LogP contribution is -2.22. The average Bonchev–Trinajstić information content (AvgIpc) is 2.68. The van der Waals surface area contributed by atoms with Gasteiger partial charge in [0.1, 0.15) is 0 Å². The number of benzene rings is 1. The molecule has 3 heteroatoms. The third-order valence-electron chi connectivity index (χ3n) is 3.06. The van der Waals surface area contributed by atoms with Gasteiger partial charge in [-0.05, 0) is 43.5 Å². The minimum Gasteiger partial charge on any atom is -0.396 e. The van der Waals surface area contributed by atoms with Crippen molar-refractivity contribution >= 4 is 11.5 Å². The molecule has 0 saturated heterocycles. The first-order valence-corrected chi connectivity index (χ1v) is 5.72. The molecule has 0 saturated carbocycles. The maximum atomic E-state index is 11.3. The van der Waals surface area contributed by atoms with Crippen molar-refractivity contribution in [2.24, 2.45) is 0 Å². The van der Waals surface area contributed by atoms with E-state index in [0.29, 0.717) is 0 Å². The Labute approximate surface area is 95.7 Å². The van der Waals surface area contributed by atoms with Gasteiger partial charge in [-0.15, -0.1) is 0 Å². The first kappa shape index (κ1) is 11.1. The smallest absolute Gasteiger partial charge is 0.159 e. The molecular weight excluding hydrogens is 202 g/mol. The van der Waals surface area contributed by atoms with E-state index in [9.17, 15) is 4.79 Å². The van der Waals surface area contributed by atoms with Crippen molar-refractivity contribution in [3.05, 3.63) is 29.3 Å². The van der Waals surface area contributed by atoms with Crippen LogP contribution in [0.1, 0.15) is 29.3 Å². The lowest BCUT2D eigenvalue weighted by atomic mass is 10.1. The fraction of sp³-hybridized carbons (Fsp3) is 0.462. The Balaban J connectivity index is 2.18. The summed E-state index contributed by atoms with van der Waals surface area (Å²) in [6.45, 7) is 3.72. The largest absolute Gasteiger partial charge is 0.396 e. The fourth-order valence-corrected chi connectivity index (χ4v) is 2.18. The molecule has 1 aromatic carbocycles. The van der Waals surface area contributed by atoms with Gasteiger partial charge in [-0.25, -0.2) is 0 Å². The van der Waals surface area contributed by atoms with Crippen molar-refractivity contribution in [1.29, 1.82) is 0 Å². The standard InChI is InChI=1S/C13H17NO2/c1-10(16)11-3-4-13-12(9-11)5-7-14(13)6-2-8-15/h3-4,9,15H,2,5-8H2,1H3. The minimum atomic E-state index is 0.122. The SMILES string of the molecule is CC(=O)c1ccc2c(c1)CCN2CCCO. The number of rotatable bonds is 4. The number of carbonyl (C=O) groups is 1. The van der Waals surface area contributed by atoms with Crippen LogP contribution in [0.15, 0.2) is 18.2 Å². The third kappa shape index (κ3) is 2.09. The Morgan fingerprint density at radius 3 is 3.00 bits per heavy atom. The van der Waals surface area contributed by atoms with E-state index < -0.39 is 0 Å². The molecule has 16 heavy (non-hydrogen) atoms. The molecule has 0 spiro atoms. The number of fused-ring (bicyclic) bond motifs is 1. The number of anilines is 1. The van der Waals surface area contributed by atoms with Crippen LogP contribution in [0.25, 0.3) is 0 Å². The van der Waals surface area contributed by atoms with Crippen molar-refractivity contribution in [2.75, 3.05) is 24.6 Å². The molecule has 0 fully saturated rings. The summed E-state index contributed by atoms with van der Waals surface area (Å²) in [7, 11) is 0. The summed E-state index contributed by atoms with van der Waals surface area (Å²) in [5, 5.41) is 8.82. The molecule has 1 aliphatic rings. The van der Waals surface area contributed by atoms with Crippen LogP contribution in [0.5, 0.6) is 0 Å². The summed E-state index contributed by atoms with van der Waals surface area (Å²) in [4.78, 5) is 13.5. The van der Waals surface area contributed by atoms with Crippen molar-refractivity contribution in [2.45, 2.75) is 19.8 Å². The topological polar surface area (TPSA) is 40.5 Å². The molecule has 0 unspecified atom stereocenters. The van der Waals surface area contributed by atoms with Gasteiger partial charge in [0.15, 0.2) is 5.78 Å².